The van der Waals surface area contributed by atoms with Gasteiger partial charge in [0.2, 0.25) is 0 Å². The van der Waals surface area contributed by atoms with Gasteiger partial charge in [-0.3, -0.25) is 9.59 Å². The molecule has 0 saturated carbocycles. The number of likely N-dealkylation sites (tertiary alicyclic amines) is 1. The molecule has 1 heterocycles. The number of hydrogen-bond donors (Lipinski definition) is 1. The van der Waals surface area contributed by atoms with Crippen molar-refractivity contribution in [2.45, 2.75) is 19.8 Å². The van der Waals surface area contributed by atoms with E-state index in [1.165, 1.54) is 0 Å². The zero-order valence-electron chi connectivity index (χ0n) is 11.2. The minimum absolute atomic E-state index is 0.107. The van der Waals surface area contributed by atoms with E-state index in [0.717, 1.165) is 25.9 Å². The molecular formula is C15H15ClN2O2. The standard InChI is InChI=1S/C15H15ClN2O2/c1-2-5-14(19)17-13-7-6-11(16)10-12(13)15(20)18-8-3-4-9-18/h6-7,10H,3-4,8-9H2,1H3,(H,17,19). The number of benzene rings is 1. The Morgan fingerprint density at radius 2 is 2.00 bits per heavy atom. The summed E-state index contributed by atoms with van der Waals surface area (Å²) < 4.78 is 0. The van der Waals surface area contributed by atoms with Gasteiger partial charge in [0.15, 0.2) is 0 Å². The van der Waals surface area contributed by atoms with Crippen LogP contribution >= 0.6 is 11.6 Å². The number of rotatable bonds is 2. The van der Waals surface area contributed by atoms with Crippen LogP contribution in [0.3, 0.4) is 0 Å². The smallest absolute Gasteiger partial charge is 0.300 e. The van der Waals surface area contributed by atoms with E-state index in [2.05, 4.69) is 17.2 Å². The first-order valence-electron chi connectivity index (χ1n) is 6.44. The third-order valence-electron chi connectivity index (χ3n) is 3.09. The van der Waals surface area contributed by atoms with Crippen molar-refractivity contribution in [2.75, 3.05) is 18.4 Å². The van der Waals surface area contributed by atoms with Gasteiger partial charge in [0, 0.05) is 18.1 Å². The predicted molar refractivity (Wildman–Crippen MR) is 78.7 cm³/mol. The second-order valence-corrected chi connectivity index (χ2v) is 4.95. The first-order chi connectivity index (χ1) is 9.61. The maximum absolute atomic E-state index is 12.4. The summed E-state index contributed by atoms with van der Waals surface area (Å²) in [6, 6.07) is 4.84. The molecule has 20 heavy (non-hydrogen) atoms. The maximum atomic E-state index is 12.4. The summed E-state index contributed by atoms with van der Waals surface area (Å²) in [4.78, 5) is 25.8. The summed E-state index contributed by atoms with van der Waals surface area (Å²) in [5.41, 5.74) is 0.852. The topological polar surface area (TPSA) is 49.4 Å². The first kappa shape index (κ1) is 14.4. The summed E-state index contributed by atoms with van der Waals surface area (Å²) in [6.07, 6.45) is 2.02. The van der Waals surface area contributed by atoms with E-state index >= 15 is 0 Å². The van der Waals surface area contributed by atoms with E-state index in [9.17, 15) is 9.59 Å². The average molecular weight is 291 g/mol. The van der Waals surface area contributed by atoms with Crippen molar-refractivity contribution in [3.05, 3.63) is 28.8 Å². The number of halogens is 1. The fourth-order valence-electron chi connectivity index (χ4n) is 2.16. The molecule has 0 atom stereocenters. The van der Waals surface area contributed by atoms with E-state index in [0.29, 0.717) is 16.3 Å². The Kier molecular flexibility index (Phi) is 4.65. The lowest BCUT2D eigenvalue weighted by atomic mass is 10.1. The van der Waals surface area contributed by atoms with Crippen molar-refractivity contribution >= 4 is 29.1 Å². The van der Waals surface area contributed by atoms with E-state index in [1.807, 2.05) is 0 Å². The van der Waals surface area contributed by atoms with E-state index in [-0.39, 0.29) is 5.91 Å². The zero-order valence-corrected chi connectivity index (χ0v) is 12.0. The van der Waals surface area contributed by atoms with Gasteiger partial charge in [-0.2, -0.15) is 0 Å². The molecule has 4 nitrogen and oxygen atoms in total. The minimum Gasteiger partial charge on any atom is -0.339 e. The van der Waals surface area contributed by atoms with Gasteiger partial charge in [0.05, 0.1) is 11.3 Å². The SMILES string of the molecule is CC#CC(=O)Nc1ccc(Cl)cc1C(=O)N1CCCC1. The first-order valence-corrected chi connectivity index (χ1v) is 6.82. The van der Waals surface area contributed by atoms with E-state index in [1.54, 1.807) is 30.0 Å². The zero-order chi connectivity index (χ0) is 14.5. The van der Waals surface area contributed by atoms with Gasteiger partial charge in [-0.05, 0) is 43.9 Å². The number of anilines is 1. The molecule has 5 heteroatoms. The molecule has 0 bridgehead atoms. The molecule has 1 saturated heterocycles. The predicted octanol–water partition coefficient (Wildman–Crippen LogP) is 2.54. The fraction of sp³-hybridized carbons (Fsp3) is 0.333. The van der Waals surface area contributed by atoms with Gasteiger partial charge in [-0.25, -0.2) is 0 Å². The van der Waals surface area contributed by atoms with Crippen LogP contribution in [0.5, 0.6) is 0 Å². The highest BCUT2D eigenvalue weighted by Gasteiger charge is 2.22. The van der Waals surface area contributed by atoms with Crippen molar-refractivity contribution in [2.24, 2.45) is 0 Å². The van der Waals surface area contributed by atoms with Crippen LogP contribution in [0.1, 0.15) is 30.1 Å². The maximum Gasteiger partial charge on any atom is 0.300 e. The second kappa shape index (κ2) is 6.44. The summed E-state index contributed by atoms with van der Waals surface area (Å²) in [6.45, 7) is 3.07. The number of nitrogens with one attached hydrogen (secondary N) is 1. The summed E-state index contributed by atoms with van der Waals surface area (Å²) in [7, 11) is 0. The Morgan fingerprint density at radius 1 is 1.30 bits per heavy atom. The number of amides is 2. The molecule has 1 N–H and O–H groups in total. The van der Waals surface area contributed by atoms with Crippen molar-refractivity contribution in [3.8, 4) is 11.8 Å². The van der Waals surface area contributed by atoms with Crippen LogP contribution < -0.4 is 5.32 Å². The van der Waals surface area contributed by atoms with Gasteiger partial charge < -0.3 is 10.2 Å². The Morgan fingerprint density at radius 3 is 2.65 bits per heavy atom. The van der Waals surface area contributed by atoms with Gasteiger partial charge in [-0.15, -0.1) is 0 Å². The number of hydrogen-bond acceptors (Lipinski definition) is 2. The van der Waals surface area contributed by atoms with Crippen LogP contribution in [-0.2, 0) is 4.79 Å². The molecule has 1 aromatic carbocycles. The molecule has 1 fully saturated rings. The van der Waals surface area contributed by atoms with Crippen molar-refractivity contribution in [3.63, 3.8) is 0 Å². The Bertz CT molecular complexity index is 596. The number of carbonyl (C=O) groups is 2. The normalized spacial score (nSPS) is 13.6. The summed E-state index contributed by atoms with van der Waals surface area (Å²) in [5.74, 6) is 4.36. The van der Waals surface area contributed by atoms with Gasteiger partial charge in [0.1, 0.15) is 0 Å². The largest absolute Gasteiger partial charge is 0.339 e. The molecular weight excluding hydrogens is 276 g/mol. The van der Waals surface area contributed by atoms with Crippen LogP contribution in [-0.4, -0.2) is 29.8 Å². The summed E-state index contributed by atoms with van der Waals surface area (Å²) in [5, 5.41) is 3.09. The molecule has 0 radical (unpaired) electrons. The van der Waals surface area contributed by atoms with Crippen molar-refractivity contribution in [1.29, 1.82) is 0 Å². The van der Waals surface area contributed by atoms with Crippen molar-refractivity contribution in [1.82, 2.24) is 4.90 Å². The molecule has 1 aliphatic rings. The monoisotopic (exact) mass is 290 g/mol. The third-order valence-corrected chi connectivity index (χ3v) is 3.33. The third kappa shape index (κ3) is 3.31. The lowest BCUT2D eigenvalue weighted by Crippen LogP contribution is -2.28. The van der Waals surface area contributed by atoms with Crippen LogP contribution in [0.15, 0.2) is 18.2 Å². The fourth-order valence-corrected chi connectivity index (χ4v) is 2.33. The van der Waals surface area contributed by atoms with Crippen LogP contribution in [0.2, 0.25) is 5.02 Å². The molecule has 0 aromatic heterocycles. The van der Waals surface area contributed by atoms with Gasteiger partial charge >= 0.3 is 0 Å². The lowest BCUT2D eigenvalue weighted by Gasteiger charge is -2.17. The van der Waals surface area contributed by atoms with Gasteiger partial charge in [-0.1, -0.05) is 17.5 Å². The quantitative estimate of drug-likeness (QED) is 0.851. The summed E-state index contributed by atoms with van der Waals surface area (Å²) >= 11 is 5.95. The van der Waals surface area contributed by atoms with Crippen molar-refractivity contribution < 1.29 is 9.59 Å². The van der Waals surface area contributed by atoms with Gasteiger partial charge in [0.25, 0.3) is 11.8 Å². The highest BCUT2D eigenvalue weighted by Crippen LogP contribution is 2.24. The Hall–Kier alpha value is -1.99. The average Bonchev–Trinajstić information content (AvgIpc) is 2.94. The minimum atomic E-state index is -0.440. The molecule has 1 aliphatic heterocycles. The Balaban J connectivity index is 2.29. The molecule has 2 rings (SSSR count). The lowest BCUT2D eigenvalue weighted by molar-refractivity contribution is -0.111. The van der Waals surface area contributed by atoms with E-state index < -0.39 is 5.91 Å². The van der Waals surface area contributed by atoms with Crippen LogP contribution in [0.25, 0.3) is 0 Å². The highest BCUT2D eigenvalue weighted by atomic mass is 35.5. The highest BCUT2D eigenvalue weighted by molar-refractivity contribution is 6.31. The van der Waals surface area contributed by atoms with E-state index in [4.69, 9.17) is 11.6 Å². The number of carbonyl (C=O) groups excluding carboxylic acids is 2. The molecule has 2 amide bonds. The molecule has 0 unspecified atom stereocenters. The van der Waals surface area contributed by atoms with Crippen LogP contribution in [0, 0.1) is 11.8 Å². The molecule has 1 aromatic rings. The molecule has 0 aliphatic carbocycles. The second-order valence-electron chi connectivity index (χ2n) is 4.52. The Labute approximate surface area is 123 Å². The molecule has 104 valence electrons. The molecule has 0 spiro atoms. The number of nitrogens with zero attached hydrogens (tertiary/aromatic N) is 1. The van der Waals surface area contributed by atoms with Crippen LogP contribution in [0.4, 0.5) is 5.69 Å².